The maximum Gasteiger partial charge on any atom is 0.432 e. The lowest BCUT2D eigenvalue weighted by Crippen LogP contribution is -2.42. The summed E-state index contributed by atoms with van der Waals surface area (Å²) in [5.74, 6) is 0. The van der Waals surface area contributed by atoms with Crippen LogP contribution in [0.15, 0.2) is 54.8 Å². The zero-order valence-electron chi connectivity index (χ0n) is 15.4. The molecule has 0 spiro atoms. The fourth-order valence-electron chi connectivity index (χ4n) is 3.76. The third-order valence-electron chi connectivity index (χ3n) is 5.29. The van der Waals surface area contributed by atoms with Crippen LogP contribution in [0.4, 0.5) is 22.0 Å². The van der Waals surface area contributed by atoms with Crippen LogP contribution in [0.2, 0.25) is 15.1 Å². The highest BCUT2D eigenvalue weighted by Crippen LogP contribution is 2.54. The maximum absolute atomic E-state index is 14.3. The Kier molecular flexibility index (Phi) is 5.61. The molecule has 1 heterocycles. The van der Waals surface area contributed by atoms with Crippen LogP contribution in [0.3, 0.4) is 0 Å². The van der Waals surface area contributed by atoms with Gasteiger partial charge in [-0.05, 0) is 34.0 Å². The first-order valence-electron chi connectivity index (χ1n) is 8.94. The summed E-state index contributed by atoms with van der Waals surface area (Å²) < 4.78 is 74.8. The van der Waals surface area contributed by atoms with E-state index in [0.29, 0.717) is 10.9 Å². The molecule has 0 saturated heterocycles. The molecule has 3 aromatic carbocycles. The Morgan fingerprint density at radius 2 is 1.52 bits per heavy atom. The van der Waals surface area contributed by atoms with Crippen molar-refractivity contribution in [3.63, 3.8) is 0 Å². The molecule has 0 radical (unpaired) electrons. The third kappa shape index (κ3) is 3.65. The van der Waals surface area contributed by atoms with E-state index in [4.69, 9.17) is 39.5 Å². The maximum atomic E-state index is 14.3. The van der Waals surface area contributed by atoms with Gasteiger partial charge in [-0.15, -0.1) is 0 Å². The van der Waals surface area contributed by atoms with Gasteiger partial charge in [0.05, 0.1) is 21.3 Å². The van der Waals surface area contributed by atoms with E-state index in [1.807, 2.05) is 0 Å². The number of benzene rings is 3. The van der Waals surface area contributed by atoms with Crippen LogP contribution in [0.5, 0.6) is 0 Å². The minimum Gasteiger partial charge on any atom is -0.480 e. The van der Waals surface area contributed by atoms with E-state index in [9.17, 15) is 22.0 Å². The molecular formula is C22H12Cl3F5O. The molecule has 1 aliphatic heterocycles. The predicted octanol–water partition coefficient (Wildman–Crippen LogP) is 8.96. The summed E-state index contributed by atoms with van der Waals surface area (Å²) in [5, 5.41) is 0.315. The Balaban J connectivity index is 1.84. The summed E-state index contributed by atoms with van der Waals surface area (Å²) in [7, 11) is 0. The van der Waals surface area contributed by atoms with Gasteiger partial charge in [0.25, 0.3) is 6.43 Å². The zero-order chi connectivity index (χ0) is 22.6. The molecule has 31 heavy (non-hydrogen) atoms. The molecule has 0 aromatic heterocycles. The second-order valence-electron chi connectivity index (χ2n) is 7.06. The van der Waals surface area contributed by atoms with E-state index >= 15 is 0 Å². The Morgan fingerprint density at radius 3 is 2.10 bits per heavy atom. The van der Waals surface area contributed by atoms with Crippen molar-refractivity contribution >= 4 is 51.1 Å². The van der Waals surface area contributed by atoms with Crippen molar-refractivity contribution in [1.29, 1.82) is 0 Å². The number of ether oxygens (including phenoxy) is 1. The number of halogens is 8. The van der Waals surface area contributed by atoms with Gasteiger partial charge >= 0.3 is 6.18 Å². The molecular weight excluding hydrogens is 482 g/mol. The predicted molar refractivity (Wildman–Crippen MR) is 112 cm³/mol. The summed E-state index contributed by atoms with van der Waals surface area (Å²) in [6.07, 6.45) is -7.14. The van der Waals surface area contributed by atoms with E-state index in [1.165, 1.54) is 18.2 Å². The fourth-order valence-corrected chi connectivity index (χ4v) is 4.36. The summed E-state index contributed by atoms with van der Waals surface area (Å²) >= 11 is 17.8. The van der Waals surface area contributed by atoms with Crippen molar-refractivity contribution in [1.82, 2.24) is 0 Å². The van der Waals surface area contributed by atoms with Gasteiger partial charge in [0.15, 0.2) is 0 Å². The summed E-state index contributed by atoms with van der Waals surface area (Å²) in [5.41, 5.74) is -2.67. The van der Waals surface area contributed by atoms with Crippen LogP contribution in [0, 0.1) is 0 Å². The lowest BCUT2D eigenvalue weighted by molar-refractivity contribution is -0.260. The first-order valence-corrected chi connectivity index (χ1v) is 10.1. The van der Waals surface area contributed by atoms with Gasteiger partial charge in [-0.25, -0.2) is 8.78 Å². The van der Waals surface area contributed by atoms with Gasteiger partial charge in [-0.1, -0.05) is 71.2 Å². The molecule has 1 atom stereocenters. The van der Waals surface area contributed by atoms with Crippen molar-refractivity contribution in [3.8, 4) is 0 Å². The highest BCUT2D eigenvalue weighted by Gasteiger charge is 2.60. The standard InChI is InChI=1S/C22H12Cl3F5O/c23-17-7-12(8-18(24)19(17)25)21(22(28,29)30)9-11(10-31-21)13-5-6-16(20(26)27)15-4-2-1-3-14(13)15/h1-8,10,20H,9H2. The first kappa shape index (κ1) is 22.2. The van der Waals surface area contributed by atoms with Gasteiger partial charge in [0.1, 0.15) is 0 Å². The summed E-state index contributed by atoms with van der Waals surface area (Å²) in [6.45, 7) is 0. The Labute approximate surface area is 189 Å². The van der Waals surface area contributed by atoms with Crippen LogP contribution in [0.25, 0.3) is 16.3 Å². The first-order chi connectivity index (χ1) is 14.5. The molecule has 9 heteroatoms. The number of fused-ring (bicyclic) bond motifs is 1. The topological polar surface area (TPSA) is 9.23 Å². The zero-order valence-corrected chi connectivity index (χ0v) is 17.7. The quantitative estimate of drug-likeness (QED) is 0.261. The molecule has 3 aromatic rings. The highest BCUT2D eigenvalue weighted by atomic mass is 35.5. The van der Waals surface area contributed by atoms with Gasteiger partial charge in [-0.3, -0.25) is 0 Å². The number of rotatable bonds is 3. The van der Waals surface area contributed by atoms with Crippen molar-refractivity contribution in [3.05, 3.63) is 86.6 Å². The molecule has 1 aliphatic rings. The fraction of sp³-hybridized carbons (Fsp3) is 0.182. The Bertz CT molecular complexity index is 1180. The average Bonchev–Trinajstić information content (AvgIpc) is 3.17. The summed E-state index contributed by atoms with van der Waals surface area (Å²) in [6, 6.07) is 11.0. The van der Waals surface area contributed by atoms with E-state index in [-0.39, 0.29) is 37.2 Å². The molecule has 0 N–H and O–H groups in total. The van der Waals surface area contributed by atoms with Crippen LogP contribution >= 0.6 is 34.8 Å². The van der Waals surface area contributed by atoms with Gasteiger partial charge < -0.3 is 4.74 Å². The molecule has 4 rings (SSSR count). The molecule has 0 amide bonds. The van der Waals surface area contributed by atoms with Crippen LogP contribution in [-0.4, -0.2) is 6.18 Å². The average molecular weight is 494 g/mol. The lowest BCUT2D eigenvalue weighted by Gasteiger charge is -2.32. The minimum atomic E-state index is -4.83. The van der Waals surface area contributed by atoms with Crippen molar-refractivity contribution < 1.29 is 26.7 Å². The van der Waals surface area contributed by atoms with Crippen LogP contribution in [-0.2, 0) is 10.3 Å². The molecule has 0 fully saturated rings. The molecule has 1 unspecified atom stereocenters. The highest BCUT2D eigenvalue weighted by molar-refractivity contribution is 6.48. The minimum absolute atomic E-state index is 0.0656. The largest absolute Gasteiger partial charge is 0.480 e. The third-order valence-corrected chi connectivity index (χ3v) is 6.49. The van der Waals surface area contributed by atoms with Gasteiger partial charge in [-0.2, -0.15) is 13.2 Å². The number of hydrogen-bond acceptors (Lipinski definition) is 1. The van der Waals surface area contributed by atoms with E-state index in [2.05, 4.69) is 0 Å². The molecule has 0 aliphatic carbocycles. The molecule has 0 bridgehead atoms. The van der Waals surface area contributed by atoms with Crippen LogP contribution < -0.4 is 0 Å². The van der Waals surface area contributed by atoms with Crippen molar-refractivity contribution in [2.24, 2.45) is 0 Å². The van der Waals surface area contributed by atoms with Crippen LogP contribution in [0.1, 0.15) is 29.5 Å². The summed E-state index contributed by atoms with van der Waals surface area (Å²) in [4.78, 5) is 0. The lowest BCUT2D eigenvalue weighted by atomic mass is 9.84. The number of hydrogen-bond donors (Lipinski definition) is 0. The second-order valence-corrected chi connectivity index (χ2v) is 8.26. The van der Waals surface area contributed by atoms with Gasteiger partial charge in [0, 0.05) is 17.5 Å². The molecule has 162 valence electrons. The molecule has 0 saturated carbocycles. The Morgan fingerprint density at radius 1 is 0.903 bits per heavy atom. The molecule has 1 nitrogen and oxygen atoms in total. The van der Waals surface area contributed by atoms with Crippen molar-refractivity contribution in [2.75, 3.05) is 0 Å². The van der Waals surface area contributed by atoms with Gasteiger partial charge in [0.2, 0.25) is 5.60 Å². The van der Waals surface area contributed by atoms with Crippen molar-refractivity contribution in [2.45, 2.75) is 24.6 Å². The normalized spacial score (nSPS) is 19.1. The van der Waals surface area contributed by atoms with E-state index in [0.717, 1.165) is 18.4 Å². The van der Waals surface area contributed by atoms with E-state index in [1.54, 1.807) is 18.2 Å². The number of alkyl halides is 5. The van der Waals surface area contributed by atoms with E-state index < -0.39 is 24.6 Å². The monoisotopic (exact) mass is 492 g/mol. The second kappa shape index (κ2) is 7.84. The Hall–Kier alpha value is -2.02. The SMILES string of the molecule is FC(F)c1ccc(C2=COC(c3cc(Cl)c(Cl)c(Cl)c3)(C(F)(F)F)C2)c2ccccc12. The smallest absolute Gasteiger partial charge is 0.432 e.